The SMILES string of the molecule is O=CNCCCNc1nc(Cl)nc2c1CCC2. The Balaban J connectivity index is 1.94. The molecule has 0 fully saturated rings. The number of nitrogens with zero attached hydrogens (tertiary/aromatic N) is 2. The highest BCUT2D eigenvalue weighted by molar-refractivity contribution is 6.28. The first-order chi connectivity index (χ1) is 8.31. The van der Waals surface area contributed by atoms with Gasteiger partial charge in [-0.1, -0.05) is 0 Å². The number of carbonyl (C=O) groups is 1. The van der Waals surface area contributed by atoms with Crippen molar-refractivity contribution in [3.63, 3.8) is 0 Å². The lowest BCUT2D eigenvalue weighted by Crippen LogP contribution is -2.16. The van der Waals surface area contributed by atoms with Gasteiger partial charge in [-0.25, -0.2) is 9.97 Å². The van der Waals surface area contributed by atoms with Gasteiger partial charge < -0.3 is 10.6 Å². The zero-order valence-electron chi connectivity index (χ0n) is 9.50. The van der Waals surface area contributed by atoms with Gasteiger partial charge in [0.1, 0.15) is 5.82 Å². The molecule has 0 radical (unpaired) electrons. The first-order valence-corrected chi connectivity index (χ1v) is 6.15. The molecule has 1 aliphatic carbocycles. The minimum Gasteiger partial charge on any atom is -0.370 e. The molecule has 1 aromatic rings. The Kier molecular flexibility index (Phi) is 4.14. The van der Waals surface area contributed by atoms with E-state index in [0.29, 0.717) is 18.2 Å². The van der Waals surface area contributed by atoms with Crippen LogP contribution in [0.2, 0.25) is 5.28 Å². The largest absolute Gasteiger partial charge is 0.370 e. The number of halogens is 1. The topological polar surface area (TPSA) is 66.9 Å². The molecule has 0 atom stereocenters. The minimum atomic E-state index is 0.305. The number of aryl methyl sites for hydroxylation is 1. The van der Waals surface area contributed by atoms with Crippen LogP contribution in [0.5, 0.6) is 0 Å². The molecule has 1 amide bonds. The molecule has 1 aromatic heterocycles. The Morgan fingerprint density at radius 2 is 2.18 bits per heavy atom. The third kappa shape index (κ3) is 3.06. The standard InChI is InChI=1S/C11H15ClN4O/c12-11-15-9-4-1-3-8(9)10(16-11)14-6-2-5-13-7-17/h7H,1-6H2,(H,13,17)(H,14,15,16). The molecular weight excluding hydrogens is 240 g/mol. The molecular formula is C11H15ClN4O. The Hall–Kier alpha value is -1.36. The van der Waals surface area contributed by atoms with Gasteiger partial charge in [-0.2, -0.15) is 0 Å². The molecule has 92 valence electrons. The van der Waals surface area contributed by atoms with Crippen LogP contribution in [0.15, 0.2) is 0 Å². The van der Waals surface area contributed by atoms with Crippen molar-refractivity contribution >= 4 is 23.8 Å². The van der Waals surface area contributed by atoms with E-state index in [0.717, 1.165) is 43.7 Å². The van der Waals surface area contributed by atoms with E-state index in [9.17, 15) is 4.79 Å². The van der Waals surface area contributed by atoms with Crippen molar-refractivity contribution in [3.05, 3.63) is 16.5 Å². The smallest absolute Gasteiger partial charge is 0.224 e. The fourth-order valence-electron chi connectivity index (χ4n) is 2.00. The molecule has 0 aromatic carbocycles. The molecule has 5 nitrogen and oxygen atoms in total. The van der Waals surface area contributed by atoms with Crippen LogP contribution in [0, 0.1) is 0 Å². The van der Waals surface area contributed by atoms with E-state index >= 15 is 0 Å². The zero-order chi connectivity index (χ0) is 12.1. The number of fused-ring (bicyclic) bond motifs is 1. The van der Waals surface area contributed by atoms with E-state index in [4.69, 9.17) is 11.6 Å². The van der Waals surface area contributed by atoms with Crippen molar-refractivity contribution in [1.29, 1.82) is 0 Å². The van der Waals surface area contributed by atoms with Crippen LogP contribution >= 0.6 is 11.6 Å². The van der Waals surface area contributed by atoms with E-state index in [2.05, 4.69) is 20.6 Å². The van der Waals surface area contributed by atoms with Gasteiger partial charge in [-0.15, -0.1) is 0 Å². The maximum atomic E-state index is 10.1. The van der Waals surface area contributed by atoms with Crippen molar-refractivity contribution in [2.45, 2.75) is 25.7 Å². The molecule has 0 saturated carbocycles. The van der Waals surface area contributed by atoms with Crippen LogP contribution in [0.4, 0.5) is 5.82 Å². The quantitative estimate of drug-likeness (QED) is 0.454. The molecule has 0 spiro atoms. The summed E-state index contributed by atoms with van der Waals surface area (Å²) in [5, 5.41) is 6.18. The van der Waals surface area contributed by atoms with E-state index in [1.54, 1.807) is 0 Å². The molecule has 6 heteroatoms. The predicted octanol–water partition coefficient (Wildman–Crippen LogP) is 1.17. The number of aromatic nitrogens is 2. The van der Waals surface area contributed by atoms with Gasteiger partial charge in [-0.3, -0.25) is 4.79 Å². The second-order valence-electron chi connectivity index (χ2n) is 3.97. The summed E-state index contributed by atoms with van der Waals surface area (Å²) in [6.45, 7) is 1.43. The van der Waals surface area contributed by atoms with Crippen molar-refractivity contribution in [2.75, 3.05) is 18.4 Å². The Labute approximate surface area is 105 Å². The molecule has 0 saturated heterocycles. The van der Waals surface area contributed by atoms with Crippen molar-refractivity contribution < 1.29 is 4.79 Å². The molecule has 2 rings (SSSR count). The highest BCUT2D eigenvalue weighted by atomic mass is 35.5. The monoisotopic (exact) mass is 254 g/mol. The fraction of sp³-hybridized carbons (Fsp3) is 0.545. The average molecular weight is 255 g/mol. The van der Waals surface area contributed by atoms with E-state index in [1.807, 2.05) is 0 Å². The van der Waals surface area contributed by atoms with Crippen LogP contribution in [0.25, 0.3) is 0 Å². The summed E-state index contributed by atoms with van der Waals surface area (Å²) < 4.78 is 0. The van der Waals surface area contributed by atoms with Crippen LogP contribution in [0.1, 0.15) is 24.1 Å². The van der Waals surface area contributed by atoms with Gasteiger partial charge >= 0.3 is 0 Å². The van der Waals surface area contributed by atoms with Crippen LogP contribution in [-0.4, -0.2) is 29.5 Å². The van der Waals surface area contributed by atoms with Gasteiger partial charge in [0.2, 0.25) is 11.7 Å². The second-order valence-corrected chi connectivity index (χ2v) is 4.31. The first-order valence-electron chi connectivity index (χ1n) is 5.77. The van der Waals surface area contributed by atoms with Crippen molar-refractivity contribution in [2.24, 2.45) is 0 Å². The predicted molar refractivity (Wildman–Crippen MR) is 66.2 cm³/mol. The van der Waals surface area contributed by atoms with Gasteiger partial charge in [-0.05, 0) is 37.3 Å². The maximum absolute atomic E-state index is 10.1. The van der Waals surface area contributed by atoms with Crippen LogP contribution in [0.3, 0.4) is 0 Å². The van der Waals surface area contributed by atoms with Gasteiger partial charge in [0.25, 0.3) is 0 Å². The maximum Gasteiger partial charge on any atom is 0.224 e. The lowest BCUT2D eigenvalue weighted by molar-refractivity contribution is -0.109. The van der Waals surface area contributed by atoms with E-state index < -0.39 is 0 Å². The third-order valence-corrected chi connectivity index (χ3v) is 2.95. The highest BCUT2D eigenvalue weighted by Gasteiger charge is 2.18. The molecule has 0 unspecified atom stereocenters. The molecule has 0 aliphatic heterocycles. The Morgan fingerprint density at radius 3 is 3.00 bits per heavy atom. The summed E-state index contributed by atoms with van der Waals surface area (Å²) in [5.74, 6) is 0.851. The lowest BCUT2D eigenvalue weighted by Gasteiger charge is -2.10. The molecule has 1 aliphatic rings. The fourth-order valence-corrected chi connectivity index (χ4v) is 2.19. The summed E-state index contributed by atoms with van der Waals surface area (Å²) in [6.07, 6.45) is 4.68. The van der Waals surface area contributed by atoms with Crippen LogP contribution < -0.4 is 10.6 Å². The summed E-state index contributed by atoms with van der Waals surface area (Å²) in [6, 6.07) is 0. The van der Waals surface area contributed by atoms with Crippen LogP contribution in [-0.2, 0) is 17.6 Å². The Morgan fingerprint density at radius 1 is 1.29 bits per heavy atom. The average Bonchev–Trinajstić information content (AvgIpc) is 2.76. The normalized spacial score (nSPS) is 13.2. The summed E-state index contributed by atoms with van der Waals surface area (Å²) in [4.78, 5) is 18.5. The van der Waals surface area contributed by atoms with Crippen molar-refractivity contribution in [1.82, 2.24) is 15.3 Å². The number of carbonyl (C=O) groups excluding carboxylic acids is 1. The highest BCUT2D eigenvalue weighted by Crippen LogP contribution is 2.27. The zero-order valence-corrected chi connectivity index (χ0v) is 10.3. The Bertz CT molecular complexity index is 411. The van der Waals surface area contributed by atoms with Gasteiger partial charge in [0.15, 0.2) is 0 Å². The lowest BCUT2D eigenvalue weighted by atomic mass is 10.2. The molecule has 0 bridgehead atoms. The number of anilines is 1. The van der Waals surface area contributed by atoms with E-state index in [1.165, 1.54) is 5.56 Å². The molecule has 1 heterocycles. The van der Waals surface area contributed by atoms with Gasteiger partial charge in [0.05, 0.1) is 5.69 Å². The molecule has 17 heavy (non-hydrogen) atoms. The van der Waals surface area contributed by atoms with Crippen molar-refractivity contribution in [3.8, 4) is 0 Å². The summed E-state index contributed by atoms with van der Waals surface area (Å²) in [5.41, 5.74) is 2.26. The third-order valence-electron chi connectivity index (χ3n) is 2.78. The van der Waals surface area contributed by atoms with Gasteiger partial charge in [0, 0.05) is 18.7 Å². The minimum absolute atomic E-state index is 0.305. The number of hydrogen-bond donors (Lipinski definition) is 2. The first kappa shape index (κ1) is 12.1. The number of rotatable bonds is 6. The number of nitrogens with one attached hydrogen (secondary N) is 2. The second kappa shape index (κ2) is 5.82. The number of amides is 1. The molecule has 2 N–H and O–H groups in total. The number of hydrogen-bond acceptors (Lipinski definition) is 4. The summed E-state index contributed by atoms with van der Waals surface area (Å²) >= 11 is 5.87. The summed E-state index contributed by atoms with van der Waals surface area (Å²) in [7, 11) is 0. The van der Waals surface area contributed by atoms with E-state index in [-0.39, 0.29) is 0 Å².